The van der Waals surface area contributed by atoms with E-state index in [1.54, 1.807) is 0 Å². The highest BCUT2D eigenvalue weighted by molar-refractivity contribution is 6.30. The summed E-state index contributed by atoms with van der Waals surface area (Å²) < 4.78 is 1.96. The van der Waals surface area contributed by atoms with E-state index in [-0.39, 0.29) is 11.6 Å². The maximum atomic E-state index is 9.88. The summed E-state index contributed by atoms with van der Waals surface area (Å²) in [5.41, 5.74) is 1.92. The fourth-order valence-electron chi connectivity index (χ4n) is 3.59. The van der Waals surface area contributed by atoms with Gasteiger partial charge in [-0.1, -0.05) is 41.9 Å². The lowest BCUT2D eigenvalue weighted by molar-refractivity contribution is 0.0509. The molecule has 0 bridgehead atoms. The number of imidazole rings is 1. The van der Waals surface area contributed by atoms with E-state index >= 15 is 0 Å². The zero-order valence-corrected chi connectivity index (χ0v) is 16.7. The molecule has 0 spiro atoms. The lowest BCUT2D eigenvalue weighted by Crippen LogP contribution is -2.54. The highest BCUT2D eigenvalue weighted by atomic mass is 35.5. The van der Waals surface area contributed by atoms with E-state index in [1.165, 1.54) is 0 Å². The predicted molar refractivity (Wildman–Crippen MR) is 105 cm³/mol. The minimum Gasteiger partial charge on any atom is -0.327 e. The monoisotopic (exact) mass is 371 g/mol. The van der Waals surface area contributed by atoms with Gasteiger partial charge in [-0.15, -0.1) is 0 Å². The van der Waals surface area contributed by atoms with E-state index in [4.69, 9.17) is 11.6 Å². The van der Waals surface area contributed by atoms with E-state index in [1.807, 2.05) is 41.9 Å². The molecule has 0 amide bonds. The van der Waals surface area contributed by atoms with Crippen LogP contribution in [0.4, 0.5) is 0 Å². The predicted octanol–water partition coefficient (Wildman–Crippen LogP) is 3.72. The van der Waals surface area contributed by atoms with Crippen molar-refractivity contribution >= 4 is 11.6 Å². The number of nitriles is 1. The molecule has 1 aromatic heterocycles. The van der Waals surface area contributed by atoms with E-state index in [0.717, 1.165) is 43.3 Å². The SMILES string of the molecule is Cn1c(-c2ccccc2)nc(Cl)c1C(C#N)N1CCN(C(C)(C)C)CC1. The smallest absolute Gasteiger partial charge is 0.153 e. The van der Waals surface area contributed by atoms with Gasteiger partial charge in [0.2, 0.25) is 0 Å². The van der Waals surface area contributed by atoms with Crippen LogP contribution in [0.2, 0.25) is 5.15 Å². The average Bonchev–Trinajstić information content (AvgIpc) is 2.91. The minimum absolute atomic E-state index is 0.152. The molecule has 0 radical (unpaired) electrons. The second-order valence-corrected chi connectivity index (χ2v) is 8.12. The van der Waals surface area contributed by atoms with Gasteiger partial charge in [0.15, 0.2) is 5.15 Å². The summed E-state index contributed by atoms with van der Waals surface area (Å²) in [5.74, 6) is 0.791. The molecule has 5 nitrogen and oxygen atoms in total. The van der Waals surface area contributed by atoms with Crippen molar-refractivity contribution in [1.29, 1.82) is 5.26 Å². The Kier molecular flexibility index (Phi) is 5.38. The molecule has 1 aliphatic heterocycles. The third-order valence-electron chi connectivity index (χ3n) is 5.14. The number of piperazine rings is 1. The molecule has 3 rings (SSSR count). The van der Waals surface area contributed by atoms with Gasteiger partial charge < -0.3 is 4.57 Å². The van der Waals surface area contributed by atoms with Gasteiger partial charge in [-0.2, -0.15) is 5.26 Å². The van der Waals surface area contributed by atoms with Crippen LogP contribution in [0.5, 0.6) is 0 Å². The first kappa shape index (κ1) is 18.9. The molecule has 2 heterocycles. The molecular formula is C20H26ClN5. The number of hydrogen-bond donors (Lipinski definition) is 0. The highest BCUT2D eigenvalue weighted by Crippen LogP contribution is 2.32. The number of halogens is 1. The van der Waals surface area contributed by atoms with Gasteiger partial charge in [0.05, 0.1) is 11.8 Å². The van der Waals surface area contributed by atoms with Crippen LogP contribution in [-0.4, -0.2) is 51.1 Å². The van der Waals surface area contributed by atoms with Crippen molar-refractivity contribution in [2.45, 2.75) is 32.4 Å². The van der Waals surface area contributed by atoms with Crippen LogP contribution in [0.15, 0.2) is 30.3 Å². The minimum atomic E-state index is -0.389. The van der Waals surface area contributed by atoms with Crippen molar-refractivity contribution in [3.8, 4) is 17.5 Å². The van der Waals surface area contributed by atoms with Gasteiger partial charge in [-0.05, 0) is 20.8 Å². The van der Waals surface area contributed by atoms with Crippen LogP contribution in [0.1, 0.15) is 32.5 Å². The Morgan fingerprint density at radius 3 is 2.27 bits per heavy atom. The molecule has 0 N–H and O–H groups in total. The number of rotatable bonds is 3. The summed E-state index contributed by atoms with van der Waals surface area (Å²) >= 11 is 6.47. The Balaban J connectivity index is 1.86. The molecule has 138 valence electrons. The van der Waals surface area contributed by atoms with Crippen LogP contribution in [0, 0.1) is 11.3 Å². The van der Waals surface area contributed by atoms with Gasteiger partial charge in [-0.3, -0.25) is 9.80 Å². The third kappa shape index (κ3) is 3.64. The van der Waals surface area contributed by atoms with Gasteiger partial charge >= 0.3 is 0 Å². The second-order valence-electron chi connectivity index (χ2n) is 7.76. The van der Waals surface area contributed by atoms with Gasteiger partial charge in [0, 0.05) is 44.3 Å². The fourth-order valence-corrected chi connectivity index (χ4v) is 3.90. The van der Waals surface area contributed by atoms with Crippen molar-refractivity contribution in [2.24, 2.45) is 7.05 Å². The Labute approximate surface area is 160 Å². The molecule has 1 unspecified atom stereocenters. The van der Waals surface area contributed by atoms with Crippen LogP contribution in [0.25, 0.3) is 11.4 Å². The normalized spacial score (nSPS) is 17.8. The first-order chi connectivity index (χ1) is 12.3. The summed E-state index contributed by atoms with van der Waals surface area (Å²) in [4.78, 5) is 9.20. The topological polar surface area (TPSA) is 48.1 Å². The third-order valence-corrected chi connectivity index (χ3v) is 5.41. The number of nitrogens with zero attached hydrogens (tertiary/aromatic N) is 5. The first-order valence-electron chi connectivity index (χ1n) is 8.99. The second kappa shape index (κ2) is 7.40. The van der Waals surface area contributed by atoms with E-state index in [2.05, 4.69) is 41.6 Å². The van der Waals surface area contributed by atoms with Crippen molar-refractivity contribution in [2.75, 3.05) is 26.2 Å². The van der Waals surface area contributed by atoms with Crippen molar-refractivity contribution in [3.05, 3.63) is 41.2 Å². The van der Waals surface area contributed by atoms with Crippen LogP contribution in [0.3, 0.4) is 0 Å². The Morgan fingerprint density at radius 1 is 1.12 bits per heavy atom. The molecule has 1 saturated heterocycles. The maximum absolute atomic E-state index is 9.88. The first-order valence-corrected chi connectivity index (χ1v) is 9.37. The molecule has 2 aromatic rings. The molecular weight excluding hydrogens is 346 g/mol. The summed E-state index contributed by atoms with van der Waals surface area (Å²) in [5, 5.41) is 10.3. The van der Waals surface area contributed by atoms with E-state index in [0.29, 0.717) is 5.15 Å². The van der Waals surface area contributed by atoms with Gasteiger partial charge in [0.1, 0.15) is 11.9 Å². The zero-order chi connectivity index (χ0) is 18.9. The standard InChI is InChI=1S/C20H26ClN5/c1-20(2,3)26-12-10-25(11-13-26)16(14-22)17-18(21)23-19(24(17)4)15-8-6-5-7-9-15/h5-9,16H,10-13H2,1-4H3. The largest absolute Gasteiger partial charge is 0.327 e. The van der Waals surface area contributed by atoms with Crippen LogP contribution < -0.4 is 0 Å². The van der Waals surface area contributed by atoms with Crippen molar-refractivity contribution < 1.29 is 0 Å². The number of hydrogen-bond acceptors (Lipinski definition) is 4. The van der Waals surface area contributed by atoms with Crippen molar-refractivity contribution in [3.63, 3.8) is 0 Å². The zero-order valence-electron chi connectivity index (χ0n) is 15.9. The molecule has 1 aromatic carbocycles. The van der Waals surface area contributed by atoms with E-state index < -0.39 is 0 Å². The van der Waals surface area contributed by atoms with Crippen LogP contribution >= 0.6 is 11.6 Å². The molecule has 1 fully saturated rings. The number of aromatic nitrogens is 2. The Bertz CT molecular complexity index is 792. The Morgan fingerprint density at radius 2 is 1.73 bits per heavy atom. The summed E-state index contributed by atoms with van der Waals surface area (Å²) in [7, 11) is 1.94. The number of benzene rings is 1. The summed E-state index contributed by atoms with van der Waals surface area (Å²) in [6, 6.07) is 12.0. The Hall–Kier alpha value is -1.87. The molecule has 26 heavy (non-hydrogen) atoms. The van der Waals surface area contributed by atoms with Crippen LogP contribution in [-0.2, 0) is 7.05 Å². The fraction of sp³-hybridized carbons (Fsp3) is 0.500. The van der Waals surface area contributed by atoms with Gasteiger partial charge in [0.25, 0.3) is 0 Å². The molecule has 0 aliphatic carbocycles. The summed E-state index contributed by atoms with van der Waals surface area (Å²) in [6.07, 6.45) is 0. The average molecular weight is 372 g/mol. The van der Waals surface area contributed by atoms with E-state index in [9.17, 15) is 5.26 Å². The maximum Gasteiger partial charge on any atom is 0.153 e. The lowest BCUT2D eigenvalue weighted by Gasteiger charge is -2.43. The molecule has 6 heteroatoms. The summed E-state index contributed by atoms with van der Waals surface area (Å²) in [6.45, 7) is 10.3. The highest BCUT2D eigenvalue weighted by Gasteiger charge is 2.32. The molecule has 0 saturated carbocycles. The lowest BCUT2D eigenvalue weighted by atomic mass is 10.0. The molecule has 1 atom stereocenters. The van der Waals surface area contributed by atoms with Gasteiger partial charge in [-0.25, -0.2) is 4.98 Å². The molecule has 1 aliphatic rings. The quantitative estimate of drug-likeness (QED) is 0.825. The van der Waals surface area contributed by atoms with Crippen molar-refractivity contribution in [1.82, 2.24) is 19.4 Å².